The van der Waals surface area contributed by atoms with Gasteiger partial charge in [-0.2, -0.15) is 12.6 Å². The van der Waals surface area contributed by atoms with E-state index in [9.17, 15) is 9.59 Å². The van der Waals surface area contributed by atoms with E-state index in [-0.39, 0.29) is 17.0 Å². The third-order valence-electron chi connectivity index (χ3n) is 2.41. The van der Waals surface area contributed by atoms with Crippen molar-refractivity contribution in [3.8, 4) is 0 Å². The molecule has 0 bridgehead atoms. The molecule has 0 aliphatic rings. The van der Waals surface area contributed by atoms with Crippen LogP contribution < -0.4 is 5.32 Å². The molecule has 7 heteroatoms. The molecule has 2 N–H and O–H groups in total. The predicted octanol–water partition coefficient (Wildman–Crippen LogP) is 1.41. The lowest BCUT2D eigenvalue weighted by Gasteiger charge is -2.12. The maximum atomic E-state index is 11.8. The van der Waals surface area contributed by atoms with Gasteiger partial charge in [-0.1, -0.05) is 0 Å². The molecule has 0 saturated heterocycles. The number of nitrogens with one attached hydrogen (secondary N) is 1. The fourth-order valence-corrected chi connectivity index (χ4v) is 1.55. The Kier molecular flexibility index (Phi) is 5.90. The van der Waals surface area contributed by atoms with E-state index in [2.05, 4.69) is 27.9 Å². The lowest BCUT2D eigenvalue weighted by Crippen LogP contribution is -2.42. The molecule has 1 atom stereocenters. The molecular formula is C14H19N3O3S. The molecule has 0 fully saturated rings. The number of hydrogen-bond acceptors (Lipinski definition) is 5. The van der Waals surface area contributed by atoms with Crippen LogP contribution in [0.5, 0.6) is 0 Å². The number of aliphatic imine (C=N–C) groups is 1. The summed E-state index contributed by atoms with van der Waals surface area (Å²) in [5, 5.41) is 11.2. The van der Waals surface area contributed by atoms with Crippen molar-refractivity contribution in [3.05, 3.63) is 29.6 Å². The summed E-state index contributed by atoms with van der Waals surface area (Å²) < 4.78 is 0. The van der Waals surface area contributed by atoms with Crippen molar-refractivity contribution in [3.63, 3.8) is 0 Å². The molecule has 6 nitrogen and oxygen atoms in total. The molecule has 1 aromatic heterocycles. The van der Waals surface area contributed by atoms with Gasteiger partial charge in [-0.25, -0.2) is 4.79 Å². The van der Waals surface area contributed by atoms with Gasteiger partial charge in [-0.05, 0) is 32.9 Å². The van der Waals surface area contributed by atoms with Crippen LogP contribution in [0.25, 0.3) is 0 Å². The molecule has 1 unspecified atom stereocenters. The van der Waals surface area contributed by atoms with Crippen molar-refractivity contribution < 1.29 is 14.7 Å². The number of carbonyl (C=O) groups excluding carboxylic acids is 1. The van der Waals surface area contributed by atoms with Crippen LogP contribution in [0, 0.1) is 0 Å². The van der Waals surface area contributed by atoms with Crippen molar-refractivity contribution in [2.24, 2.45) is 4.99 Å². The van der Waals surface area contributed by atoms with Gasteiger partial charge >= 0.3 is 5.97 Å². The SMILES string of the molecule is CC(C)(C)/N=C\c1ccc(C(=O)NC(CS)C(=O)O)nc1. The first kappa shape index (κ1) is 17.2. The van der Waals surface area contributed by atoms with Crippen molar-refractivity contribution in [2.75, 3.05) is 5.75 Å². The number of pyridine rings is 1. The molecule has 0 aliphatic heterocycles. The lowest BCUT2D eigenvalue weighted by molar-refractivity contribution is -0.138. The van der Waals surface area contributed by atoms with Crippen LogP contribution in [0.15, 0.2) is 23.3 Å². The first-order valence-electron chi connectivity index (χ1n) is 6.39. The minimum Gasteiger partial charge on any atom is -0.480 e. The van der Waals surface area contributed by atoms with Crippen molar-refractivity contribution in [1.29, 1.82) is 0 Å². The zero-order chi connectivity index (χ0) is 16.0. The fourth-order valence-electron chi connectivity index (χ4n) is 1.30. The van der Waals surface area contributed by atoms with Crippen LogP contribution >= 0.6 is 12.6 Å². The smallest absolute Gasteiger partial charge is 0.327 e. The molecule has 0 aliphatic carbocycles. The second-order valence-corrected chi connectivity index (χ2v) is 5.82. The van der Waals surface area contributed by atoms with E-state index in [1.54, 1.807) is 12.3 Å². The lowest BCUT2D eigenvalue weighted by atomic mass is 10.1. The van der Waals surface area contributed by atoms with E-state index < -0.39 is 17.9 Å². The van der Waals surface area contributed by atoms with Crippen molar-refractivity contribution in [1.82, 2.24) is 10.3 Å². The topological polar surface area (TPSA) is 91.7 Å². The van der Waals surface area contributed by atoms with Gasteiger partial charge in [0.25, 0.3) is 5.91 Å². The zero-order valence-corrected chi connectivity index (χ0v) is 13.1. The molecule has 1 heterocycles. The monoisotopic (exact) mass is 309 g/mol. The number of carbonyl (C=O) groups is 2. The van der Waals surface area contributed by atoms with E-state index in [1.165, 1.54) is 12.3 Å². The van der Waals surface area contributed by atoms with E-state index in [4.69, 9.17) is 5.11 Å². The molecule has 21 heavy (non-hydrogen) atoms. The van der Waals surface area contributed by atoms with Crippen LogP contribution in [0.4, 0.5) is 0 Å². The predicted molar refractivity (Wildman–Crippen MR) is 84.3 cm³/mol. The van der Waals surface area contributed by atoms with Gasteiger partial charge in [0.2, 0.25) is 0 Å². The number of nitrogens with zero attached hydrogens (tertiary/aromatic N) is 2. The number of carboxylic acids is 1. The number of aromatic nitrogens is 1. The van der Waals surface area contributed by atoms with Crippen LogP contribution in [-0.2, 0) is 4.79 Å². The van der Waals surface area contributed by atoms with Crippen LogP contribution in [0.1, 0.15) is 36.8 Å². The number of thiol groups is 1. The summed E-state index contributed by atoms with van der Waals surface area (Å²) in [6.07, 6.45) is 3.20. The van der Waals surface area contributed by atoms with Gasteiger partial charge in [-0.15, -0.1) is 0 Å². The number of hydrogen-bond donors (Lipinski definition) is 3. The Hall–Kier alpha value is -1.89. The van der Waals surface area contributed by atoms with Crippen molar-refractivity contribution in [2.45, 2.75) is 32.4 Å². The highest BCUT2D eigenvalue weighted by molar-refractivity contribution is 7.80. The zero-order valence-electron chi connectivity index (χ0n) is 12.2. The molecule has 114 valence electrons. The fraction of sp³-hybridized carbons (Fsp3) is 0.429. The van der Waals surface area contributed by atoms with E-state index in [1.807, 2.05) is 20.8 Å². The van der Waals surface area contributed by atoms with E-state index >= 15 is 0 Å². The average molecular weight is 309 g/mol. The Balaban J connectivity index is 2.76. The van der Waals surface area contributed by atoms with Crippen LogP contribution in [0.2, 0.25) is 0 Å². The summed E-state index contributed by atoms with van der Waals surface area (Å²) in [4.78, 5) is 31.0. The highest BCUT2D eigenvalue weighted by Crippen LogP contribution is 2.07. The standard InChI is InChI=1S/C14H19N3O3S/c1-14(2,3)16-7-9-4-5-10(15-6-9)12(18)17-11(8-21)13(19)20/h4-7,11,21H,8H2,1-3H3,(H,17,18)(H,19,20)/b16-7-. The van der Waals surface area contributed by atoms with Gasteiger partial charge in [0, 0.05) is 23.7 Å². The molecular weight excluding hydrogens is 290 g/mol. The molecule has 1 rings (SSSR count). The minimum atomic E-state index is -1.13. The van der Waals surface area contributed by atoms with Crippen LogP contribution in [0.3, 0.4) is 0 Å². The third kappa shape index (κ3) is 5.95. The molecule has 0 spiro atoms. The quantitative estimate of drug-likeness (QED) is 0.566. The summed E-state index contributed by atoms with van der Waals surface area (Å²) in [5.74, 6) is -1.67. The van der Waals surface area contributed by atoms with Crippen LogP contribution in [-0.4, -0.2) is 45.5 Å². The number of rotatable bonds is 5. The summed E-state index contributed by atoms with van der Waals surface area (Å²) in [6.45, 7) is 5.92. The first-order chi connectivity index (χ1) is 9.73. The molecule has 0 radical (unpaired) electrons. The van der Waals surface area contributed by atoms with Gasteiger partial charge in [0.05, 0.1) is 5.54 Å². The summed E-state index contributed by atoms with van der Waals surface area (Å²) in [6, 6.07) is 2.19. The Morgan fingerprint density at radius 3 is 2.57 bits per heavy atom. The number of amides is 1. The Bertz CT molecular complexity index is 535. The van der Waals surface area contributed by atoms with Gasteiger partial charge in [-0.3, -0.25) is 14.8 Å². The average Bonchev–Trinajstić information content (AvgIpc) is 2.41. The van der Waals surface area contributed by atoms with Gasteiger partial charge < -0.3 is 10.4 Å². The Morgan fingerprint density at radius 2 is 2.14 bits per heavy atom. The normalized spacial score (nSPS) is 13.1. The minimum absolute atomic E-state index is 0.0113. The van der Waals surface area contributed by atoms with Gasteiger partial charge in [0.1, 0.15) is 11.7 Å². The highest BCUT2D eigenvalue weighted by atomic mass is 32.1. The maximum Gasteiger partial charge on any atom is 0.327 e. The third-order valence-corrected chi connectivity index (χ3v) is 2.77. The Morgan fingerprint density at radius 1 is 1.48 bits per heavy atom. The number of aliphatic carboxylic acids is 1. The molecule has 0 saturated carbocycles. The Labute approximate surface area is 129 Å². The molecule has 1 aromatic rings. The van der Waals surface area contributed by atoms with Gasteiger partial charge in [0.15, 0.2) is 0 Å². The highest BCUT2D eigenvalue weighted by Gasteiger charge is 2.19. The van der Waals surface area contributed by atoms with E-state index in [0.29, 0.717) is 0 Å². The first-order valence-corrected chi connectivity index (χ1v) is 7.02. The summed E-state index contributed by atoms with van der Waals surface area (Å²) in [7, 11) is 0. The maximum absolute atomic E-state index is 11.8. The summed E-state index contributed by atoms with van der Waals surface area (Å²) in [5.41, 5.74) is 0.735. The molecule has 0 aromatic carbocycles. The van der Waals surface area contributed by atoms with Crippen molar-refractivity contribution >= 4 is 30.7 Å². The summed E-state index contributed by atoms with van der Waals surface area (Å²) >= 11 is 3.88. The number of carboxylic acid groups (broad SMARTS) is 1. The second kappa shape index (κ2) is 7.21. The van der Waals surface area contributed by atoms with E-state index in [0.717, 1.165) is 5.56 Å². The second-order valence-electron chi connectivity index (χ2n) is 5.45. The molecule has 1 amide bonds. The largest absolute Gasteiger partial charge is 0.480 e.